The fourth-order valence-electron chi connectivity index (χ4n) is 3.87. The molecule has 1 aliphatic heterocycles. The van der Waals surface area contributed by atoms with Gasteiger partial charge in [-0.2, -0.15) is 0 Å². The largest absolute Gasteiger partial charge is 0.371 e. The lowest BCUT2D eigenvalue weighted by atomic mass is 10.1. The van der Waals surface area contributed by atoms with Crippen LogP contribution in [-0.2, 0) is 0 Å². The average Bonchev–Trinajstić information content (AvgIpc) is 2.85. The van der Waals surface area contributed by atoms with E-state index in [2.05, 4.69) is 27.3 Å². The topological polar surface area (TPSA) is 91.6 Å². The fourth-order valence-corrected chi connectivity index (χ4v) is 3.87. The molecule has 0 aliphatic carbocycles. The summed E-state index contributed by atoms with van der Waals surface area (Å²) in [7, 11) is 0. The van der Waals surface area contributed by atoms with Crippen molar-refractivity contribution < 1.29 is 9.72 Å². The number of hydrogen-bond donors (Lipinski definition) is 1. The molecule has 8 nitrogen and oxygen atoms in total. The van der Waals surface area contributed by atoms with Crippen molar-refractivity contribution in [1.29, 1.82) is 0 Å². The highest BCUT2D eigenvalue weighted by atomic mass is 16.6. The van der Waals surface area contributed by atoms with Crippen LogP contribution in [0.25, 0.3) is 0 Å². The molecule has 0 spiro atoms. The van der Waals surface area contributed by atoms with Crippen LogP contribution in [0.2, 0.25) is 0 Å². The Morgan fingerprint density at radius 3 is 2.41 bits per heavy atom. The van der Waals surface area contributed by atoms with Crippen molar-refractivity contribution in [3.8, 4) is 0 Å². The molecule has 0 saturated carbocycles. The molecule has 1 unspecified atom stereocenters. The smallest absolute Gasteiger partial charge is 0.293 e. The lowest BCUT2D eigenvalue weighted by molar-refractivity contribution is -0.384. The van der Waals surface area contributed by atoms with Crippen LogP contribution < -0.4 is 10.2 Å². The van der Waals surface area contributed by atoms with E-state index in [0.29, 0.717) is 24.3 Å². The number of nitro groups is 1. The van der Waals surface area contributed by atoms with Gasteiger partial charge in [-0.15, -0.1) is 0 Å². The van der Waals surface area contributed by atoms with Gasteiger partial charge < -0.3 is 15.1 Å². The molecule has 32 heavy (non-hydrogen) atoms. The third-order valence-electron chi connectivity index (χ3n) is 5.63. The summed E-state index contributed by atoms with van der Waals surface area (Å²) in [6.07, 6.45) is 1.68. The van der Waals surface area contributed by atoms with Crippen LogP contribution in [0.15, 0.2) is 72.9 Å². The van der Waals surface area contributed by atoms with E-state index in [1.54, 1.807) is 23.2 Å². The minimum absolute atomic E-state index is 0.124. The number of piperazine rings is 1. The van der Waals surface area contributed by atoms with Crippen LogP contribution in [0.3, 0.4) is 0 Å². The zero-order chi connectivity index (χ0) is 22.5. The van der Waals surface area contributed by atoms with E-state index in [-0.39, 0.29) is 17.6 Å². The third kappa shape index (κ3) is 4.69. The number of nitrogens with zero attached hydrogens (tertiary/aromatic N) is 4. The molecule has 1 saturated heterocycles. The minimum atomic E-state index is -0.461. The number of amides is 1. The summed E-state index contributed by atoms with van der Waals surface area (Å²) in [6.45, 7) is 4.46. The third-order valence-corrected chi connectivity index (χ3v) is 5.63. The van der Waals surface area contributed by atoms with Crippen LogP contribution >= 0.6 is 0 Å². The van der Waals surface area contributed by atoms with E-state index in [1.807, 2.05) is 43.3 Å². The number of nitro benzene ring substituents is 1. The normalized spacial score (nSPS) is 14.7. The first-order chi connectivity index (χ1) is 15.5. The van der Waals surface area contributed by atoms with Gasteiger partial charge in [-0.1, -0.05) is 24.3 Å². The highest BCUT2D eigenvalue weighted by Crippen LogP contribution is 2.29. The Kier molecular flexibility index (Phi) is 6.30. The van der Waals surface area contributed by atoms with Crippen LogP contribution in [0.1, 0.15) is 29.0 Å². The number of carbonyl (C=O) groups is 1. The van der Waals surface area contributed by atoms with E-state index < -0.39 is 4.92 Å². The molecule has 1 aromatic heterocycles. The van der Waals surface area contributed by atoms with Crippen molar-refractivity contribution in [1.82, 2.24) is 9.88 Å². The van der Waals surface area contributed by atoms with Gasteiger partial charge in [-0.05, 0) is 43.3 Å². The predicted molar refractivity (Wildman–Crippen MR) is 124 cm³/mol. The summed E-state index contributed by atoms with van der Waals surface area (Å²) in [6, 6.07) is 20.0. The second-order valence-electron chi connectivity index (χ2n) is 7.72. The Morgan fingerprint density at radius 2 is 1.75 bits per heavy atom. The quantitative estimate of drug-likeness (QED) is 0.466. The summed E-state index contributed by atoms with van der Waals surface area (Å²) in [5, 5.41) is 14.9. The first-order valence-electron chi connectivity index (χ1n) is 10.6. The van der Waals surface area contributed by atoms with Gasteiger partial charge in [0.1, 0.15) is 5.69 Å². The van der Waals surface area contributed by atoms with Gasteiger partial charge in [0.15, 0.2) is 0 Å². The summed E-state index contributed by atoms with van der Waals surface area (Å²) in [4.78, 5) is 32.5. The molecule has 2 heterocycles. The van der Waals surface area contributed by atoms with Gasteiger partial charge in [0, 0.05) is 49.7 Å². The SMILES string of the molecule is CC(Nc1ccc(C(=O)N2CCN(c3ccccc3)CC2)cc1[N+](=O)[O-])c1ccccn1. The molecule has 1 fully saturated rings. The number of hydrogen-bond acceptors (Lipinski definition) is 6. The van der Waals surface area contributed by atoms with Crippen molar-refractivity contribution in [2.24, 2.45) is 0 Å². The first-order valence-corrected chi connectivity index (χ1v) is 10.6. The molecule has 1 N–H and O–H groups in total. The number of benzene rings is 2. The molecule has 1 aliphatic rings. The maximum atomic E-state index is 13.0. The van der Waals surface area contributed by atoms with E-state index in [4.69, 9.17) is 0 Å². The Morgan fingerprint density at radius 1 is 1.03 bits per heavy atom. The number of nitrogens with one attached hydrogen (secondary N) is 1. The van der Waals surface area contributed by atoms with E-state index in [0.717, 1.165) is 24.5 Å². The molecule has 8 heteroatoms. The average molecular weight is 431 g/mol. The fraction of sp³-hybridized carbons (Fsp3) is 0.250. The second-order valence-corrected chi connectivity index (χ2v) is 7.72. The molecule has 164 valence electrons. The van der Waals surface area contributed by atoms with Crippen LogP contribution in [0, 0.1) is 10.1 Å². The van der Waals surface area contributed by atoms with E-state index >= 15 is 0 Å². The monoisotopic (exact) mass is 431 g/mol. The second kappa shape index (κ2) is 9.47. The Balaban J connectivity index is 1.46. The van der Waals surface area contributed by atoms with Crippen molar-refractivity contribution in [2.75, 3.05) is 36.4 Å². The maximum absolute atomic E-state index is 13.0. The van der Waals surface area contributed by atoms with Crippen LogP contribution in [0.4, 0.5) is 17.1 Å². The molecule has 1 atom stereocenters. The van der Waals surface area contributed by atoms with Crippen molar-refractivity contribution in [3.05, 3.63) is 94.3 Å². The molecule has 2 aromatic carbocycles. The van der Waals surface area contributed by atoms with Gasteiger partial charge in [0.05, 0.1) is 16.7 Å². The summed E-state index contributed by atoms with van der Waals surface area (Å²) in [5.74, 6) is -0.190. The van der Waals surface area contributed by atoms with E-state index in [9.17, 15) is 14.9 Å². The molecule has 3 aromatic rings. The van der Waals surface area contributed by atoms with Gasteiger partial charge in [-0.3, -0.25) is 19.9 Å². The summed E-state index contributed by atoms with van der Waals surface area (Å²) >= 11 is 0. The van der Waals surface area contributed by atoms with Gasteiger partial charge in [0.2, 0.25) is 0 Å². The highest BCUT2D eigenvalue weighted by Gasteiger charge is 2.25. The summed E-state index contributed by atoms with van der Waals surface area (Å²) in [5.41, 5.74) is 2.46. The van der Waals surface area contributed by atoms with Gasteiger partial charge in [-0.25, -0.2) is 0 Å². The lowest BCUT2D eigenvalue weighted by Gasteiger charge is -2.36. The first kappa shape index (κ1) is 21.3. The molecular formula is C24H25N5O3. The number of anilines is 2. The van der Waals surface area contributed by atoms with Crippen molar-refractivity contribution in [2.45, 2.75) is 13.0 Å². The Bertz CT molecular complexity index is 1080. The number of pyridine rings is 1. The summed E-state index contributed by atoms with van der Waals surface area (Å²) < 4.78 is 0. The number of para-hydroxylation sites is 1. The number of carbonyl (C=O) groups excluding carboxylic acids is 1. The number of rotatable bonds is 6. The van der Waals surface area contributed by atoms with Gasteiger partial charge in [0.25, 0.3) is 11.6 Å². The number of aromatic nitrogens is 1. The molecule has 0 radical (unpaired) electrons. The zero-order valence-corrected chi connectivity index (χ0v) is 17.8. The predicted octanol–water partition coefficient (Wildman–Crippen LogP) is 4.13. The molecular weight excluding hydrogens is 406 g/mol. The van der Waals surface area contributed by atoms with Gasteiger partial charge >= 0.3 is 0 Å². The lowest BCUT2D eigenvalue weighted by Crippen LogP contribution is -2.48. The molecule has 1 amide bonds. The van der Waals surface area contributed by atoms with Crippen molar-refractivity contribution in [3.63, 3.8) is 0 Å². The maximum Gasteiger partial charge on any atom is 0.293 e. The standard InChI is InChI=1S/C24H25N5O3/c1-18(21-9-5-6-12-25-21)26-22-11-10-19(17-23(22)29(31)32)24(30)28-15-13-27(14-16-28)20-7-3-2-4-8-20/h2-12,17-18,26H,13-16H2,1H3. The van der Waals surface area contributed by atoms with Crippen LogP contribution in [0.5, 0.6) is 0 Å². The zero-order valence-electron chi connectivity index (χ0n) is 17.8. The van der Waals surface area contributed by atoms with Crippen LogP contribution in [-0.4, -0.2) is 46.9 Å². The van der Waals surface area contributed by atoms with E-state index in [1.165, 1.54) is 6.07 Å². The Hall–Kier alpha value is -3.94. The Labute approximate surface area is 186 Å². The molecule has 4 rings (SSSR count). The molecule has 0 bridgehead atoms. The minimum Gasteiger partial charge on any atom is -0.371 e. The van der Waals surface area contributed by atoms with Crippen molar-refractivity contribution >= 4 is 23.0 Å². The highest BCUT2D eigenvalue weighted by molar-refractivity contribution is 5.96.